The molecule has 11 heteroatoms. The lowest BCUT2D eigenvalue weighted by molar-refractivity contribution is -0.137. The Hall–Kier alpha value is -3.05. The van der Waals surface area contributed by atoms with Gasteiger partial charge in [-0.1, -0.05) is 18.2 Å². The van der Waals surface area contributed by atoms with E-state index in [1.54, 1.807) is 29.2 Å². The molecule has 0 N–H and O–H groups in total. The van der Waals surface area contributed by atoms with Gasteiger partial charge in [0, 0.05) is 36.4 Å². The van der Waals surface area contributed by atoms with Gasteiger partial charge < -0.3 is 14.0 Å². The number of hydrogen-bond acceptors (Lipinski definition) is 6. The second-order valence-electron chi connectivity index (χ2n) is 8.67. The average molecular weight is 553 g/mol. The molecule has 0 spiro atoms. The van der Waals surface area contributed by atoms with Crippen molar-refractivity contribution in [1.82, 2.24) is 4.90 Å². The SMILES string of the molecule is CCN(CC)c1ccc(CN(C(=O)c2cccs2)C2CC2)c(OS(=O)(=O)c2cccc(C(F)(F)F)c2)c1. The van der Waals surface area contributed by atoms with Crippen LogP contribution in [0.25, 0.3) is 0 Å². The summed E-state index contributed by atoms with van der Waals surface area (Å²) in [6.07, 6.45) is -3.02. The molecule has 1 aliphatic carbocycles. The van der Waals surface area contributed by atoms with Crippen molar-refractivity contribution < 1.29 is 30.6 Å². The Labute approximate surface area is 218 Å². The van der Waals surface area contributed by atoms with Gasteiger partial charge in [0.05, 0.1) is 17.0 Å². The second-order valence-corrected chi connectivity index (χ2v) is 11.2. The molecule has 0 bridgehead atoms. The van der Waals surface area contributed by atoms with Crippen molar-refractivity contribution in [3.63, 3.8) is 0 Å². The molecule has 1 amide bonds. The van der Waals surface area contributed by atoms with Crippen LogP contribution in [0.4, 0.5) is 18.9 Å². The quantitative estimate of drug-likeness (QED) is 0.281. The van der Waals surface area contributed by atoms with Gasteiger partial charge in [-0.25, -0.2) is 0 Å². The molecule has 3 aromatic rings. The highest BCUT2D eigenvalue weighted by atomic mass is 32.2. The number of benzene rings is 2. The van der Waals surface area contributed by atoms with Crippen molar-refractivity contribution in [3.05, 3.63) is 76.0 Å². The molecule has 2 aromatic carbocycles. The van der Waals surface area contributed by atoms with E-state index in [4.69, 9.17) is 4.18 Å². The lowest BCUT2D eigenvalue weighted by Gasteiger charge is -2.25. The van der Waals surface area contributed by atoms with Crippen LogP contribution in [-0.4, -0.2) is 38.4 Å². The van der Waals surface area contributed by atoms with Crippen LogP contribution < -0.4 is 9.08 Å². The van der Waals surface area contributed by atoms with Crippen LogP contribution in [0.5, 0.6) is 5.75 Å². The summed E-state index contributed by atoms with van der Waals surface area (Å²) in [7, 11) is -4.60. The number of carbonyl (C=O) groups is 1. The zero-order chi connectivity index (χ0) is 26.8. The van der Waals surface area contributed by atoms with Gasteiger partial charge in [0.1, 0.15) is 10.6 Å². The standard InChI is InChI=1S/C26H27F3N2O4S2/c1-3-30(4-2)21-11-10-18(17-31(20-12-13-20)25(32)24-9-6-14-36-24)23(16-21)35-37(33,34)22-8-5-7-19(15-22)26(27,28)29/h5-11,14-16,20H,3-4,12-13,17H2,1-2H3. The van der Waals surface area contributed by atoms with Gasteiger partial charge in [-0.05, 0) is 62.4 Å². The van der Waals surface area contributed by atoms with Crippen molar-refractivity contribution in [1.29, 1.82) is 0 Å². The molecule has 0 unspecified atom stereocenters. The molecular weight excluding hydrogens is 525 g/mol. The number of amides is 1. The largest absolute Gasteiger partial charge is 0.416 e. The lowest BCUT2D eigenvalue weighted by Crippen LogP contribution is -2.32. The first kappa shape index (κ1) is 27.0. The van der Waals surface area contributed by atoms with Gasteiger partial charge in [-0.15, -0.1) is 11.3 Å². The monoisotopic (exact) mass is 552 g/mol. The predicted octanol–water partition coefficient (Wildman–Crippen LogP) is 6.19. The Kier molecular flexibility index (Phi) is 7.84. The van der Waals surface area contributed by atoms with E-state index in [0.29, 0.717) is 35.3 Å². The van der Waals surface area contributed by atoms with Crippen molar-refractivity contribution >= 4 is 33.0 Å². The van der Waals surface area contributed by atoms with Crippen LogP contribution in [-0.2, 0) is 22.8 Å². The average Bonchev–Trinajstić information content (AvgIpc) is 3.55. The van der Waals surface area contributed by atoms with E-state index in [9.17, 15) is 26.4 Å². The molecule has 0 radical (unpaired) electrons. The van der Waals surface area contributed by atoms with Gasteiger partial charge >= 0.3 is 16.3 Å². The van der Waals surface area contributed by atoms with Crippen molar-refractivity contribution in [3.8, 4) is 5.75 Å². The Bertz CT molecular complexity index is 1350. The number of carbonyl (C=O) groups excluding carboxylic acids is 1. The fourth-order valence-corrected chi connectivity index (χ4v) is 5.69. The molecule has 1 heterocycles. The molecule has 1 saturated carbocycles. The number of alkyl halides is 3. The summed E-state index contributed by atoms with van der Waals surface area (Å²) in [6, 6.07) is 12.1. The molecule has 198 valence electrons. The van der Waals surface area contributed by atoms with E-state index < -0.39 is 26.8 Å². The second kappa shape index (κ2) is 10.7. The normalized spacial score (nSPS) is 13.9. The van der Waals surface area contributed by atoms with Gasteiger partial charge in [-0.2, -0.15) is 21.6 Å². The third-order valence-corrected chi connectivity index (χ3v) is 8.24. The molecule has 1 fully saturated rings. The smallest absolute Gasteiger partial charge is 0.379 e. The van der Waals surface area contributed by atoms with Crippen LogP contribution >= 0.6 is 11.3 Å². The summed E-state index contributed by atoms with van der Waals surface area (Å²) in [6.45, 7) is 5.31. The van der Waals surface area contributed by atoms with E-state index in [1.807, 2.05) is 30.2 Å². The van der Waals surface area contributed by atoms with E-state index in [1.165, 1.54) is 11.3 Å². The van der Waals surface area contributed by atoms with E-state index in [0.717, 1.165) is 31.0 Å². The number of hydrogen-bond donors (Lipinski definition) is 0. The number of rotatable bonds is 10. The maximum atomic E-state index is 13.2. The molecule has 1 aliphatic rings. The fourth-order valence-electron chi connectivity index (χ4n) is 4.01. The number of nitrogens with zero attached hydrogens (tertiary/aromatic N) is 2. The highest BCUT2D eigenvalue weighted by molar-refractivity contribution is 7.87. The first-order chi connectivity index (χ1) is 17.5. The Balaban J connectivity index is 1.71. The first-order valence-corrected chi connectivity index (χ1v) is 14.2. The predicted molar refractivity (Wildman–Crippen MR) is 136 cm³/mol. The molecule has 4 rings (SSSR count). The first-order valence-electron chi connectivity index (χ1n) is 11.9. The molecule has 1 aromatic heterocycles. The van der Waals surface area contributed by atoms with Crippen molar-refractivity contribution in [2.24, 2.45) is 0 Å². The van der Waals surface area contributed by atoms with Crippen LogP contribution in [0.3, 0.4) is 0 Å². The minimum Gasteiger partial charge on any atom is -0.379 e. The molecule has 0 saturated heterocycles. The minimum atomic E-state index is -4.70. The maximum absolute atomic E-state index is 13.2. The third-order valence-electron chi connectivity index (χ3n) is 6.15. The minimum absolute atomic E-state index is 0.0218. The summed E-state index contributed by atoms with van der Waals surface area (Å²) < 4.78 is 71.3. The fraction of sp³-hybridized carbons (Fsp3) is 0.346. The molecule has 37 heavy (non-hydrogen) atoms. The van der Waals surface area contributed by atoms with Gasteiger partial charge in [0.15, 0.2) is 0 Å². The molecular formula is C26H27F3N2O4S2. The lowest BCUT2D eigenvalue weighted by atomic mass is 10.1. The van der Waals surface area contributed by atoms with Crippen LogP contribution in [0, 0.1) is 0 Å². The van der Waals surface area contributed by atoms with Gasteiger partial charge in [-0.3, -0.25) is 4.79 Å². The Morgan fingerprint density at radius 3 is 2.38 bits per heavy atom. The summed E-state index contributed by atoms with van der Waals surface area (Å²) in [5.74, 6) is -0.177. The summed E-state index contributed by atoms with van der Waals surface area (Å²) >= 11 is 1.33. The van der Waals surface area contributed by atoms with Crippen LogP contribution in [0.15, 0.2) is 64.9 Å². The molecule has 0 atom stereocenters. The number of anilines is 1. The molecule has 6 nitrogen and oxygen atoms in total. The van der Waals surface area contributed by atoms with Gasteiger partial charge in [0.25, 0.3) is 5.91 Å². The summed E-state index contributed by atoms with van der Waals surface area (Å²) in [5.41, 5.74) is 0.0598. The highest BCUT2D eigenvalue weighted by Crippen LogP contribution is 2.36. The van der Waals surface area contributed by atoms with Crippen LogP contribution in [0.2, 0.25) is 0 Å². The topological polar surface area (TPSA) is 66.9 Å². The summed E-state index contributed by atoms with van der Waals surface area (Å²) in [5, 5.41) is 1.81. The van der Waals surface area contributed by atoms with E-state index in [-0.39, 0.29) is 24.2 Å². The van der Waals surface area contributed by atoms with E-state index in [2.05, 4.69) is 0 Å². The summed E-state index contributed by atoms with van der Waals surface area (Å²) in [4.78, 5) is 16.8. The van der Waals surface area contributed by atoms with Crippen molar-refractivity contribution in [2.45, 2.75) is 50.3 Å². The zero-order valence-electron chi connectivity index (χ0n) is 20.4. The maximum Gasteiger partial charge on any atom is 0.416 e. The van der Waals surface area contributed by atoms with Gasteiger partial charge in [0.2, 0.25) is 0 Å². The highest BCUT2D eigenvalue weighted by Gasteiger charge is 2.35. The number of halogens is 3. The van der Waals surface area contributed by atoms with E-state index >= 15 is 0 Å². The van der Waals surface area contributed by atoms with Crippen LogP contribution in [0.1, 0.15) is 47.5 Å². The third kappa shape index (κ3) is 6.27. The molecule has 0 aliphatic heterocycles. The van der Waals surface area contributed by atoms with Crippen molar-refractivity contribution in [2.75, 3.05) is 18.0 Å². The Morgan fingerprint density at radius 1 is 1.05 bits per heavy atom. The zero-order valence-corrected chi connectivity index (χ0v) is 22.0. The number of thiophene rings is 1. The Morgan fingerprint density at radius 2 is 1.78 bits per heavy atom.